The summed E-state index contributed by atoms with van der Waals surface area (Å²) in [5.74, 6) is 0.120. The van der Waals surface area contributed by atoms with E-state index in [9.17, 15) is 9.59 Å². The molecule has 2 aromatic heterocycles. The van der Waals surface area contributed by atoms with Crippen molar-refractivity contribution in [2.45, 2.75) is 0 Å². The number of anilines is 1. The Morgan fingerprint density at radius 2 is 1.96 bits per heavy atom. The average molecular weight is 354 g/mol. The number of nitrogens with zero attached hydrogens (tertiary/aromatic N) is 4. The van der Waals surface area contributed by atoms with E-state index in [1.54, 1.807) is 41.0 Å². The Kier molecular flexibility index (Phi) is 4.70. The number of benzene rings is 1. The van der Waals surface area contributed by atoms with Crippen molar-refractivity contribution < 1.29 is 14.7 Å². The minimum absolute atomic E-state index is 0.334. The first-order chi connectivity index (χ1) is 12.5. The van der Waals surface area contributed by atoms with Crippen LogP contribution in [0.5, 0.6) is 0 Å². The molecular weight excluding hydrogens is 336 g/mol. The molecule has 0 spiro atoms. The molecule has 0 saturated heterocycles. The zero-order valence-electron chi connectivity index (χ0n) is 14.1. The lowest BCUT2D eigenvalue weighted by molar-refractivity contribution is 0.1000. The van der Waals surface area contributed by atoms with Crippen LogP contribution < -0.4 is 11.1 Å². The Bertz CT molecular complexity index is 951. The fourth-order valence-corrected chi connectivity index (χ4v) is 2.42. The lowest BCUT2D eigenvalue weighted by Gasteiger charge is -2.13. The standard InChI is InChI=1S/C17H18N6O3/c1-22(17(25)26)9-8-19-14-6-7-15-20-10-13(23(15)21-14)11-2-4-12(5-3-11)16(18)24/h2-7,10H,8-9H2,1H3,(H2,18,24)(H,19,21)(H,25,26). The number of carbonyl (C=O) groups is 2. The van der Waals surface area contributed by atoms with Crippen LogP contribution in [-0.2, 0) is 0 Å². The molecule has 0 aliphatic carbocycles. The van der Waals surface area contributed by atoms with Crippen LogP contribution in [0.2, 0.25) is 0 Å². The molecule has 9 heteroatoms. The number of nitrogens with two attached hydrogens (primary N) is 1. The molecule has 0 radical (unpaired) electrons. The van der Waals surface area contributed by atoms with Gasteiger partial charge >= 0.3 is 6.09 Å². The molecule has 2 amide bonds. The molecule has 2 heterocycles. The van der Waals surface area contributed by atoms with Gasteiger partial charge in [0.15, 0.2) is 5.65 Å². The van der Waals surface area contributed by atoms with Crippen LogP contribution in [0.25, 0.3) is 16.9 Å². The quantitative estimate of drug-likeness (QED) is 0.616. The van der Waals surface area contributed by atoms with Crippen LogP contribution in [0.15, 0.2) is 42.6 Å². The third-order valence-corrected chi connectivity index (χ3v) is 3.91. The summed E-state index contributed by atoms with van der Waals surface area (Å²) in [6.07, 6.45) is 0.718. The summed E-state index contributed by atoms with van der Waals surface area (Å²) >= 11 is 0. The third kappa shape index (κ3) is 3.56. The number of hydrogen-bond acceptors (Lipinski definition) is 5. The second-order valence-electron chi connectivity index (χ2n) is 5.70. The highest BCUT2D eigenvalue weighted by atomic mass is 16.4. The number of imidazole rings is 1. The Morgan fingerprint density at radius 3 is 2.62 bits per heavy atom. The maximum atomic E-state index is 11.2. The summed E-state index contributed by atoms with van der Waals surface area (Å²) in [6, 6.07) is 10.5. The van der Waals surface area contributed by atoms with Gasteiger partial charge in [0.1, 0.15) is 5.82 Å². The normalized spacial score (nSPS) is 10.7. The predicted octanol–water partition coefficient (Wildman–Crippen LogP) is 1.52. The Hall–Kier alpha value is -3.62. The van der Waals surface area contributed by atoms with Gasteiger partial charge in [-0.25, -0.2) is 14.3 Å². The maximum Gasteiger partial charge on any atom is 0.407 e. The van der Waals surface area contributed by atoms with Gasteiger partial charge in [0.2, 0.25) is 5.91 Å². The minimum atomic E-state index is -0.980. The van der Waals surface area contributed by atoms with Crippen molar-refractivity contribution in [2.24, 2.45) is 5.73 Å². The highest BCUT2D eigenvalue weighted by molar-refractivity contribution is 5.93. The van der Waals surface area contributed by atoms with E-state index in [4.69, 9.17) is 10.8 Å². The zero-order chi connectivity index (χ0) is 18.7. The maximum absolute atomic E-state index is 11.2. The monoisotopic (exact) mass is 354 g/mol. The molecule has 26 heavy (non-hydrogen) atoms. The van der Waals surface area contributed by atoms with Crippen molar-refractivity contribution in [1.29, 1.82) is 0 Å². The molecule has 0 aliphatic rings. The van der Waals surface area contributed by atoms with Crippen LogP contribution in [0.1, 0.15) is 10.4 Å². The number of amides is 2. The van der Waals surface area contributed by atoms with E-state index >= 15 is 0 Å². The van der Waals surface area contributed by atoms with Gasteiger partial charge in [-0.2, -0.15) is 0 Å². The molecule has 3 rings (SSSR count). The van der Waals surface area contributed by atoms with Gasteiger partial charge in [-0.05, 0) is 24.3 Å². The van der Waals surface area contributed by atoms with Crippen molar-refractivity contribution in [3.8, 4) is 11.3 Å². The van der Waals surface area contributed by atoms with Gasteiger partial charge in [0.05, 0.1) is 11.9 Å². The summed E-state index contributed by atoms with van der Waals surface area (Å²) in [7, 11) is 1.50. The molecule has 0 unspecified atom stereocenters. The van der Waals surface area contributed by atoms with E-state index in [1.807, 2.05) is 6.07 Å². The van der Waals surface area contributed by atoms with Crippen LogP contribution >= 0.6 is 0 Å². The molecule has 9 nitrogen and oxygen atoms in total. The van der Waals surface area contributed by atoms with Crippen LogP contribution in [0.3, 0.4) is 0 Å². The molecule has 134 valence electrons. The van der Waals surface area contributed by atoms with Gasteiger partial charge in [-0.3, -0.25) is 4.79 Å². The molecule has 0 saturated carbocycles. The molecular formula is C17H18N6O3. The largest absolute Gasteiger partial charge is 0.465 e. The van der Waals surface area contributed by atoms with E-state index in [0.29, 0.717) is 30.1 Å². The van der Waals surface area contributed by atoms with Crippen LogP contribution in [0.4, 0.5) is 10.6 Å². The topological polar surface area (TPSA) is 126 Å². The number of fused-ring (bicyclic) bond motifs is 1. The van der Waals surface area contributed by atoms with Crippen molar-refractivity contribution >= 4 is 23.5 Å². The Morgan fingerprint density at radius 1 is 1.23 bits per heavy atom. The van der Waals surface area contributed by atoms with E-state index in [0.717, 1.165) is 11.3 Å². The number of likely N-dealkylation sites (N-methyl/N-ethyl adjacent to an activating group) is 1. The van der Waals surface area contributed by atoms with Gasteiger partial charge in [0.25, 0.3) is 0 Å². The van der Waals surface area contributed by atoms with Crippen molar-refractivity contribution in [3.63, 3.8) is 0 Å². The number of nitrogens with one attached hydrogen (secondary N) is 1. The van der Waals surface area contributed by atoms with Gasteiger partial charge < -0.3 is 21.1 Å². The number of hydrogen-bond donors (Lipinski definition) is 3. The lowest BCUT2D eigenvalue weighted by Crippen LogP contribution is -2.30. The van der Waals surface area contributed by atoms with Crippen LogP contribution in [-0.4, -0.2) is 56.7 Å². The van der Waals surface area contributed by atoms with Gasteiger partial charge in [-0.15, -0.1) is 5.10 Å². The lowest BCUT2D eigenvalue weighted by atomic mass is 10.1. The number of carboxylic acid groups (broad SMARTS) is 1. The SMILES string of the molecule is CN(CCNc1ccc2ncc(-c3ccc(C(N)=O)cc3)n2n1)C(=O)O. The fourth-order valence-electron chi connectivity index (χ4n) is 2.42. The summed E-state index contributed by atoms with van der Waals surface area (Å²) in [6.45, 7) is 0.763. The molecule has 3 aromatic rings. The first-order valence-electron chi connectivity index (χ1n) is 7.88. The number of carbonyl (C=O) groups excluding carboxylic acids is 1. The Balaban J connectivity index is 1.81. The highest BCUT2D eigenvalue weighted by Gasteiger charge is 2.10. The van der Waals surface area contributed by atoms with E-state index < -0.39 is 12.0 Å². The third-order valence-electron chi connectivity index (χ3n) is 3.91. The van der Waals surface area contributed by atoms with E-state index in [2.05, 4.69) is 15.4 Å². The number of primary amides is 1. The number of aromatic nitrogens is 3. The molecule has 0 fully saturated rings. The molecule has 4 N–H and O–H groups in total. The van der Waals surface area contributed by atoms with E-state index in [1.165, 1.54) is 11.9 Å². The van der Waals surface area contributed by atoms with Crippen molar-refractivity contribution in [3.05, 3.63) is 48.2 Å². The number of rotatable bonds is 6. The van der Waals surface area contributed by atoms with Crippen molar-refractivity contribution in [2.75, 3.05) is 25.5 Å². The first kappa shape index (κ1) is 17.2. The fraction of sp³-hybridized carbons (Fsp3) is 0.176. The molecule has 1 aromatic carbocycles. The summed E-state index contributed by atoms with van der Waals surface area (Å²) in [4.78, 5) is 27.5. The molecule has 0 aliphatic heterocycles. The second kappa shape index (κ2) is 7.09. The van der Waals surface area contributed by atoms with Crippen LogP contribution in [0, 0.1) is 0 Å². The Labute approximate surface area is 149 Å². The zero-order valence-corrected chi connectivity index (χ0v) is 14.1. The predicted molar refractivity (Wildman–Crippen MR) is 96.1 cm³/mol. The summed E-state index contributed by atoms with van der Waals surface area (Å²) in [5, 5.41) is 16.4. The van der Waals surface area contributed by atoms with Crippen molar-refractivity contribution in [1.82, 2.24) is 19.5 Å². The summed E-state index contributed by atoms with van der Waals surface area (Å²) < 4.78 is 1.68. The van der Waals surface area contributed by atoms with Gasteiger partial charge in [-0.1, -0.05) is 12.1 Å². The highest BCUT2D eigenvalue weighted by Crippen LogP contribution is 2.21. The minimum Gasteiger partial charge on any atom is -0.465 e. The first-order valence-corrected chi connectivity index (χ1v) is 7.88. The molecule has 0 bridgehead atoms. The molecule has 0 atom stereocenters. The second-order valence-corrected chi connectivity index (χ2v) is 5.70. The van der Waals surface area contributed by atoms with Gasteiger partial charge in [0, 0.05) is 31.3 Å². The average Bonchev–Trinajstić information content (AvgIpc) is 3.04. The smallest absolute Gasteiger partial charge is 0.407 e. The summed E-state index contributed by atoms with van der Waals surface area (Å²) in [5.41, 5.74) is 7.98. The van der Waals surface area contributed by atoms with E-state index in [-0.39, 0.29) is 0 Å².